The first-order valence-corrected chi connectivity index (χ1v) is 9.67. The highest BCUT2D eigenvalue weighted by atomic mass is 16.2. The van der Waals surface area contributed by atoms with Gasteiger partial charge < -0.3 is 10.2 Å². The zero-order chi connectivity index (χ0) is 17.8. The molecule has 7 heteroatoms. The third kappa shape index (κ3) is 3.86. The predicted molar refractivity (Wildman–Crippen MR) is 99.1 cm³/mol. The van der Waals surface area contributed by atoms with Gasteiger partial charge in [0, 0.05) is 31.5 Å². The van der Waals surface area contributed by atoms with Gasteiger partial charge in [-0.2, -0.15) is 5.10 Å². The second-order valence-corrected chi connectivity index (χ2v) is 7.31. The lowest BCUT2D eigenvalue weighted by Gasteiger charge is -2.34. The van der Waals surface area contributed by atoms with Gasteiger partial charge in [0.2, 0.25) is 5.91 Å². The third-order valence-electron chi connectivity index (χ3n) is 5.42. The number of hydrogen-bond donors (Lipinski definition) is 1. The normalized spacial score (nSPS) is 21.5. The van der Waals surface area contributed by atoms with E-state index >= 15 is 0 Å². The number of amides is 1. The van der Waals surface area contributed by atoms with E-state index in [0.717, 1.165) is 38.0 Å². The van der Waals surface area contributed by atoms with Gasteiger partial charge in [0.25, 0.3) is 0 Å². The van der Waals surface area contributed by atoms with E-state index in [4.69, 9.17) is 0 Å². The molecule has 0 spiro atoms. The number of carbonyl (C=O) groups excluding carboxylic acids is 1. The van der Waals surface area contributed by atoms with E-state index < -0.39 is 0 Å². The molecule has 2 aromatic rings. The number of aromatic nitrogens is 4. The molecule has 1 saturated carbocycles. The van der Waals surface area contributed by atoms with Crippen molar-refractivity contribution >= 4 is 11.7 Å². The van der Waals surface area contributed by atoms with Crippen molar-refractivity contribution in [3.8, 4) is 5.82 Å². The summed E-state index contributed by atoms with van der Waals surface area (Å²) in [5.41, 5.74) is 0. The fourth-order valence-electron chi connectivity index (χ4n) is 3.98. The maximum absolute atomic E-state index is 12.7. The molecule has 0 aromatic carbocycles. The highest BCUT2D eigenvalue weighted by molar-refractivity contribution is 5.79. The van der Waals surface area contributed by atoms with Crippen molar-refractivity contribution in [2.45, 2.75) is 51.0 Å². The lowest BCUT2D eigenvalue weighted by molar-refractivity contribution is -0.126. The van der Waals surface area contributed by atoms with Crippen LogP contribution in [0.25, 0.3) is 5.82 Å². The molecule has 26 heavy (non-hydrogen) atoms. The van der Waals surface area contributed by atoms with Gasteiger partial charge in [0.15, 0.2) is 5.82 Å². The zero-order valence-corrected chi connectivity index (χ0v) is 15.0. The van der Waals surface area contributed by atoms with Crippen LogP contribution in [0.5, 0.6) is 0 Å². The first-order valence-electron chi connectivity index (χ1n) is 9.67. The molecule has 1 amide bonds. The quantitative estimate of drug-likeness (QED) is 0.912. The number of hydrogen-bond acceptors (Lipinski definition) is 5. The van der Waals surface area contributed by atoms with Crippen molar-refractivity contribution in [3.63, 3.8) is 0 Å². The molecule has 2 aliphatic rings. The number of rotatable bonds is 4. The van der Waals surface area contributed by atoms with Crippen LogP contribution in [0.3, 0.4) is 0 Å². The minimum Gasteiger partial charge on any atom is -0.354 e. The van der Waals surface area contributed by atoms with Crippen LogP contribution in [-0.4, -0.2) is 44.8 Å². The van der Waals surface area contributed by atoms with E-state index in [9.17, 15) is 4.79 Å². The Kier molecular flexibility index (Phi) is 5.13. The maximum atomic E-state index is 12.7. The number of nitrogens with zero attached hydrogens (tertiary/aromatic N) is 5. The van der Waals surface area contributed by atoms with Gasteiger partial charge in [0.1, 0.15) is 5.82 Å². The SMILES string of the molecule is O=C(NC1CCCCC1)C1CCCN(c2cncc(-n3cccn3)n2)C1. The molecule has 1 saturated heterocycles. The van der Waals surface area contributed by atoms with Gasteiger partial charge in [-0.1, -0.05) is 19.3 Å². The van der Waals surface area contributed by atoms with E-state index in [1.54, 1.807) is 23.3 Å². The lowest BCUT2D eigenvalue weighted by atomic mass is 9.93. The van der Waals surface area contributed by atoms with Crippen LogP contribution in [0, 0.1) is 5.92 Å². The number of anilines is 1. The fraction of sp³-hybridized carbons (Fsp3) is 0.579. The van der Waals surface area contributed by atoms with Crippen LogP contribution in [0.2, 0.25) is 0 Å². The summed E-state index contributed by atoms with van der Waals surface area (Å²) < 4.78 is 1.70. The highest BCUT2D eigenvalue weighted by Crippen LogP contribution is 2.23. The van der Waals surface area contributed by atoms with Gasteiger partial charge >= 0.3 is 0 Å². The first kappa shape index (κ1) is 17.0. The number of piperidine rings is 1. The Balaban J connectivity index is 1.41. The Morgan fingerprint density at radius 2 is 1.92 bits per heavy atom. The van der Waals surface area contributed by atoms with Gasteiger partial charge in [-0.3, -0.25) is 9.78 Å². The standard InChI is InChI=1S/C19H26N6O/c26-19(22-16-7-2-1-3-8-16)15-6-4-10-24(14-15)17-12-20-13-18(23-17)25-11-5-9-21-25/h5,9,11-13,15-16H,1-4,6-8,10,14H2,(H,22,26). The van der Waals surface area contributed by atoms with Gasteiger partial charge in [-0.15, -0.1) is 0 Å². The molecule has 7 nitrogen and oxygen atoms in total. The third-order valence-corrected chi connectivity index (χ3v) is 5.42. The Bertz CT molecular complexity index is 725. The largest absolute Gasteiger partial charge is 0.354 e. The summed E-state index contributed by atoms with van der Waals surface area (Å²) in [5.74, 6) is 1.74. The molecule has 1 unspecified atom stereocenters. The monoisotopic (exact) mass is 354 g/mol. The average molecular weight is 354 g/mol. The fourth-order valence-corrected chi connectivity index (χ4v) is 3.98. The summed E-state index contributed by atoms with van der Waals surface area (Å²) in [6.45, 7) is 1.61. The van der Waals surface area contributed by atoms with Crippen LogP contribution in [0.15, 0.2) is 30.9 Å². The molecule has 138 valence electrons. The molecular weight excluding hydrogens is 328 g/mol. The zero-order valence-electron chi connectivity index (χ0n) is 15.0. The summed E-state index contributed by atoms with van der Waals surface area (Å²) >= 11 is 0. The average Bonchev–Trinajstić information content (AvgIpc) is 3.24. The summed E-state index contributed by atoms with van der Waals surface area (Å²) in [6.07, 6.45) is 15.0. The molecule has 1 aliphatic heterocycles. The molecule has 2 aromatic heterocycles. The van der Waals surface area contributed by atoms with E-state index in [2.05, 4.69) is 25.3 Å². The van der Waals surface area contributed by atoms with Crippen molar-refractivity contribution < 1.29 is 4.79 Å². The van der Waals surface area contributed by atoms with Crippen molar-refractivity contribution in [2.75, 3.05) is 18.0 Å². The van der Waals surface area contributed by atoms with E-state index in [1.807, 2.05) is 12.3 Å². The second-order valence-electron chi connectivity index (χ2n) is 7.31. The Hall–Kier alpha value is -2.44. The van der Waals surface area contributed by atoms with E-state index in [1.165, 1.54) is 19.3 Å². The molecule has 0 bridgehead atoms. The lowest BCUT2D eigenvalue weighted by Crippen LogP contribution is -2.46. The van der Waals surface area contributed by atoms with Crippen LogP contribution in [0.1, 0.15) is 44.9 Å². The van der Waals surface area contributed by atoms with Crippen molar-refractivity contribution in [3.05, 3.63) is 30.9 Å². The molecule has 1 aliphatic carbocycles. The van der Waals surface area contributed by atoms with Gasteiger partial charge in [-0.25, -0.2) is 9.67 Å². The summed E-state index contributed by atoms with van der Waals surface area (Å²) in [7, 11) is 0. The van der Waals surface area contributed by atoms with Crippen LogP contribution in [-0.2, 0) is 4.79 Å². The van der Waals surface area contributed by atoms with Gasteiger partial charge in [-0.05, 0) is 31.7 Å². The Labute approximate surface area is 153 Å². The van der Waals surface area contributed by atoms with Crippen LogP contribution in [0.4, 0.5) is 5.82 Å². The minimum absolute atomic E-state index is 0.0286. The summed E-state index contributed by atoms with van der Waals surface area (Å²) in [6, 6.07) is 2.23. The van der Waals surface area contributed by atoms with Gasteiger partial charge in [0.05, 0.1) is 18.3 Å². The first-order chi connectivity index (χ1) is 12.8. The minimum atomic E-state index is 0.0286. The predicted octanol–water partition coefficient (Wildman–Crippen LogP) is 2.33. The Morgan fingerprint density at radius 3 is 2.73 bits per heavy atom. The number of carbonyl (C=O) groups is 1. The smallest absolute Gasteiger partial charge is 0.225 e. The molecule has 4 rings (SSSR count). The molecule has 3 heterocycles. The Morgan fingerprint density at radius 1 is 1.08 bits per heavy atom. The van der Waals surface area contributed by atoms with Crippen LogP contribution < -0.4 is 10.2 Å². The van der Waals surface area contributed by atoms with Crippen molar-refractivity contribution in [1.29, 1.82) is 0 Å². The molecule has 1 atom stereocenters. The molecule has 0 radical (unpaired) electrons. The maximum Gasteiger partial charge on any atom is 0.225 e. The van der Waals surface area contributed by atoms with Crippen molar-refractivity contribution in [1.82, 2.24) is 25.1 Å². The summed E-state index contributed by atoms with van der Waals surface area (Å²) in [4.78, 5) is 23.9. The topological polar surface area (TPSA) is 75.9 Å². The number of nitrogens with one attached hydrogen (secondary N) is 1. The van der Waals surface area contributed by atoms with Crippen molar-refractivity contribution in [2.24, 2.45) is 5.92 Å². The molecular formula is C19H26N6O. The molecule has 2 fully saturated rings. The molecule has 1 N–H and O–H groups in total. The van der Waals surface area contributed by atoms with Crippen LogP contribution >= 0.6 is 0 Å². The highest BCUT2D eigenvalue weighted by Gasteiger charge is 2.28. The van der Waals surface area contributed by atoms with E-state index in [-0.39, 0.29) is 11.8 Å². The van der Waals surface area contributed by atoms with E-state index in [0.29, 0.717) is 18.4 Å². The second kappa shape index (κ2) is 7.85. The summed E-state index contributed by atoms with van der Waals surface area (Å²) in [5, 5.41) is 7.49.